The SMILES string of the molecule is CCCCOc1ccc(C(=O)Nc2ccc(N3CCCC3)c(C(=O)NC(C)C)c2)cc1. The fraction of sp³-hybridized carbons (Fsp3) is 0.440. The van der Waals surface area contributed by atoms with Gasteiger partial charge >= 0.3 is 0 Å². The number of benzene rings is 2. The number of rotatable bonds is 9. The highest BCUT2D eigenvalue weighted by molar-refractivity contribution is 6.06. The van der Waals surface area contributed by atoms with Crippen molar-refractivity contribution in [2.24, 2.45) is 0 Å². The Morgan fingerprint density at radius 2 is 1.74 bits per heavy atom. The van der Waals surface area contributed by atoms with Gasteiger partial charge in [0.05, 0.1) is 12.2 Å². The Hall–Kier alpha value is -3.02. The van der Waals surface area contributed by atoms with Crippen molar-refractivity contribution in [3.05, 3.63) is 53.6 Å². The second-order valence-corrected chi connectivity index (χ2v) is 8.23. The molecule has 1 heterocycles. The van der Waals surface area contributed by atoms with Gasteiger partial charge < -0.3 is 20.3 Å². The molecule has 1 aliphatic rings. The second-order valence-electron chi connectivity index (χ2n) is 8.23. The number of hydrogen-bond donors (Lipinski definition) is 2. The number of amides is 2. The molecule has 2 aromatic rings. The predicted octanol–water partition coefficient (Wildman–Crippen LogP) is 4.86. The van der Waals surface area contributed by atoms with Crippen molar-refractivity contribution in [3.8, 4) is 5.75 Å². The number of hydrogen-bond acceptors (Lipinski definition) is 4. The van der Waals surface area contributed by atoms with E-state index in [1.807, 2.05) is 38.1 Å². The van der Waals surface area contributed by atoms with Crippen LogP contribution in [0, 0.1) is 0 Å². The highest BCUT2D eigenvalue weighted by Gasteiger charge is 2.21. The summed E-state index contributed by atoms with van der Waals surface area (Å²) in [6.45, 7) is 8.56. The van der Waals surface area contributed by atoms with E-state index in [0.717, 1.165) is 50.2 Å². The van der Waals surface area contributed by atoms with Crippen LogP contribution in [0.15, 0.2) is 42.5 Å². The van der Waals surface area contributed by atoms with Crippen molar-refractivity contribution in [3.63, 3.8) is 0 Å². The van der Waals surface area contributed by atoms with Crippen molar-refractivity contribution < 1.29 is 14.3 Å². The molecule has 31 heavy (non-hydrogen) atoms. The van der Waals surface area contributed by atoms with Gasteiger partial charge in [-0.1, -0.05) is 13.3 Å². The lowest BCUT2D eigenvalue weighted by atomic mass is 10.1. The normalized spacial score (nSPS) is 13.4. The fourth-order valence-corrected chi connectivity index (χ4v) is 3.61. The van der Waals surface area contributed by atoms with Gasteiger partial charge in [-0.25, -0.2) is 0 Å². The van der Waals surface area contributed by atoms with Gasteiger partial charge in [0.1, 0.15) is 5.75 Å². The van der Waals surface area contributed by atoms with Crippen molar-refractivity contribution in [1.82, 2.24) is 5.32 Å². The van der Waals surface area contributed by atoms with Crippen molar-refractivity contribution in [2.75, 3.05) is 29.9 Å². The molecule has 2 aromatic carbocycles. The van der Waals surface area contributed by atoms with Crippen molar-refractivity contribution in [1.29, 1.82) is 0 Å². The first-order chi connectivity index (χ1) is 15.0. The lowest BCUT2D eigenvalue weighted by Crippen LogP contribution is -2.32. The van der Waals surface area contributed by atoms with Gasteiger partial charge in [0, 0.05) is 36.1 Å². The molecule has 0 aromatic heterocycles. The topological polar surface area (TPSA) is 70.7 Å². The third-order valence-electron chi connectivity index (χ3n) is 5.25. The van der Waals surface area contributed by atoms with E-state index < -0.39 is 0 Å². The number of nitrogens with zero attached hydrogens (tertiary/aromatic N) is 1. The molecule has 1 saturated heterocycles. The van der Waals surface area contributed by atoms with Crippen LogP contribution in [0.3, 0.4) is 0 Å². The number of nitrogens with one attached hydrogen (secondary N) is 2. The molecule has 2 amide bonds. The van der Waals surface area contributed by atoms with Gasteiger partial charge in [0.25, 0.3) is 11.8 Å². The summed E-state index contributed by atoms with van der Waals surface area (Å²) in [5, 5.41) is 5.89. The zero-order valence-corrected chi connectivity index (χ0v) is 18.7. The molecule has 0 atom stereocenters. The number of carbonyl (C=O) groups excluding carboxylic acids is 2. The average molecular weight is 424 g/mol. The van der Waals surface area contributed by atoms with Crippen LogP contribution in [-0.2, 0) is 0 Å². The van der Waals surface area contributed by atoms with Gasteiger partial charge in [-0.15, -0.1) is 0 Å². The van der Waals surface area contributed by atoms with Crippen LogP contribution in [0.1, 0.15) is 67.2 Å². The molecular weight excluding hydrogens is 390 g/mol. The number of ether oxygens (including phenoxy) is 1. The minimum atomic E-state index is -0.218. The van der Waals surface area contributed by atoms with E-state index in [0.29, 0.717) is 23.4 Å². The van der Waals surface area contributed by atoms with E-state index in [4.69, 9.17) is 4.74 Å². The molecule has 3 rings (SSSR count). The molecule has 0 unspecified atom stereocenters. The van der Waals surface area contributed by atoms with Crippen molar-refractivity contribution in [2.45, 2.75) is 52.5 Å². The Kier molecular flexibility index (Phi) is 7.93. The first kappa shape index (κ1) is 22.7. The summed E-state index contributed by atoms with van der Waals surface area (Å²) in [5.41, 5.74) is 2.65. The smallest absolute Gasteiger partial charge is 0.255 e. The lowest BCUT2D eigenvalue weighted by Gasteiger charge is -2.22. The molecule has 0 aliphatic carbocycles. The van der Waals surface area contributed by atoms with E-state index in [1.165, 1.54) is 0 Å². The maximum absolute atomic E-state index is 12.8. The van der Waals surface area contributed by atoms with Crippen LogP contribution >= 0.6 is 0 Å². The van der Waals surface area contributed by atoms with E-state index in [2.05, 4.69) is 22.5 Å². The van der Waals surface area contributed by atoms with Gasteiger partial charge in [-0.05, 0) is 75.6 Å². The zero-order chi connectivity index (χ0) is 22.2. The van der Waals surface area contributed by atoms with Crippen LogP contribution in [0.25, 0.3) is 0 Å². The lowest BCUT2D eigenvalue weighted by molar-refractivity contribution is 0.0942. The first-order valence-corrected chi connectivity index (χ1v) is 11.2. The number of unbranched alkanes of at least 4 members (excludes halogenated alkanes) is 1. The highest BCUT2D eigenvalue weighted by atomic mass is 16.5. The minimum Gasteiger partial charge on any atom is -0.494 e. The van der Waals surface area contributed by atoms with Crippen LogP contribution < -0.4 is 20.3 Å². The van der Waals surface area contributed by atoms with Gasteiger partial charge in [0.2, 0.25) is 0 Å². The Morgan fingerprint density at radius 1 is 1.03 bits per heavy atom. The highest BCUT2D eigenvalue weighted by Crippen LogP contribution is 2.28. The maximum Gasteiger partial charge on any atom is 0.255 e. The molecule has 1 fully saturated rings. The van der Waals surface area contributed by atoms with Crippen LogP contribution in [0.5, 0.6) is 5.75 Å². The van der Waals surface area contributed by atoms with E-state index in [9.17, 15) is 9.59 Å². The molecule has 0 bridgehead atoms. The van der Waals surface area contributed by atoms with E-state index in [1.54, 1.807) is 18.2 Å². The molecule has 2 N–H and O–H groups in total. The first-order valence-electron chi connectivity index (χ1n) is 11.2. The molecule has 0 spiro atoms. The standard InChI is InChI=1S/C25H33N3O3/c1-4-5-16-31-21-11-8-19(9-12-21)24(29)27-20-10-13-23(28-14-6-7-15-28)22(17-20)25(30)26-18(2)3/h8-13,17-18H,4-7,14-16H2,1-3H3,(H,26,30)(H,27,29). The molecule has 0 radical (unpaired) electrons. The molecule has 6 heteroatoms. The summed E-state index contributed by atoms with van der Waals surface area (Å²) in [6, 6.07) is 12.7. The van der Waals surface area contributed by atoms with E-state index >= 15 is 0 Å². The van der Waals surface area contributed by atoms with Crippen LogP contribution in [-0.4, -0.2) is 37.6 Å². The molecule has 1 aliphatic heterocycles. The predicted molar refractivity (Wildman–Crippen MR) is 125 cm³/mol. The second kappa shape index (κ2) is 10.8. The van der Waals surface area contributed by atoms with Crippen LogP contribution in [0.4, 0.5) is 11.4 Å². The Balaban J connectivity index is 1.74. The third kappa shape index (κ3) is 6.23. The minimum absolute atomic E-state index is 0.0373. The summed E-state index contributed by atoms with van der Waals surface area (Å²) in [5.74, 6) is 0.415. The van der Waals surface area contributed by atoms with Gasteiger partial charge in [-0.2, -0.15) is 0 Å². The summed E-state index contributed by atoms with van der Waals surface area (Å²) in [7, 11) is 0. The van der Waals surface area contributed by atoms with Crippen molar-refractivity contribution >= 4 is 23.2 Å². The summed E-state index contributed by atoms with van der Waals surface area (Å²) in [6.07, 6.45) is 4.33. The molecule has 0 saturated carbocycles. The fourth-order valence-electron chi connectivity index (χ4n) is 3.61. The largest absolute Gasteiger partial charge is 0.494 e. The number of carbonyl (C=O) groups is 2. The Bertz CT molecular complexity index is 887. The summed E-state index contributed by atoms with van der Waals surface area (Å²) < 4.78 is 5.65. The van der Waals surface area contributed by atoms with Crippen LogP contribution in [0.2, 0.25) is 0 Å². The van der Waals surface area contributed by atoms with E-state index in [-0.39, 0.29) is 17.9 Å². The zero-order valence-electron chi connectivity index (χ0n) is 18.7. The molecular formula is C25H33N3O3. The Labute approximate surface area is 185 Å². The molecule has 6 nitrogen and oxygen atoms in total. The average Bonchev–Trinajstić information content (AvgIpc) is 3.28. The van der Waals surface area contributed by atoms with Gasteiger partial charge in [0.15, 0.2) is 0 Å². The Morgan fingerprint density at radius 3 is 2.39 bits per heavy atom. The third-order valence-corrected chi connectivity index (χ3v) is 5.25. The summed E-state index contributed by atoms with van der Waals surface area (Å²) >= 11 is 0. The monoisotopic (exact) mass is 423 g/mol. The quantitative estimate of drug-likeness (QED) is 0.565. The molecule has 166 valence electrons. The van der Waals surface area contributed by atoms with Gasteiger partial charge in [-0.3, -0.25) is 9.59 Å². The maximum atomic E-state index is 12.8. The summed E-state index contributed by atoms with van der Waals surface area (Å²) in [4.78, 5) is 27.8. The number of anilines is 2.